The van der Waals surface area contributed by atoms with Crippen molar-refractivity contribution in [2.24, 2.45) is 5.41 Å². The molecule has 0 aliphatic carbocycles. The highest BCUT2D eigenvalue weighted by molar-refractivity contribution is 7.91. The fraction of sp³-hybridized carbons (Fsp3) is 0.520. The van der Waals surface area contributed by atoms with Gasteiger partial charge in [-0.2, -0.15) is 0 Å². The van der Waals surface area contributed by atoms with Crippen molar-refractivity contribution in [2.75, 3.05) is 26.1 Å². The Kier molecular flexibility index (Phi) is 7.78. The third kappa shape index (κ3) is 4.97. The number of hydrogen-bond donors (Lipinski definition) is 1. The number of aliphatic hydroxyl groups excluding tert-OH is 1. The Morgan fingerprint density at radius 2 is 1.84 bits per heavy atom. The average molecular weight is 447 g/mol. The summed E-state index contributed by atoms with van der Waals surface area (Å²) in [5.74, 6) is 0.0886. The van der Waals surface area contributed by atoms with Gasteiger partial charge in [-0.1, -0.05) is 57.0 Å². The van der Waals surface area contributed by atoms with Gasteiger partial charge in [-0.25, -0.2) is 8.42 Å². The maximum atomic E-state index is 13.6. The van der Waals surface area contributed by atoms with Crippen LogP contribution in [0.3, 0.4) is 0 Å². The van der Waals surface area contributed by atoms with Crippen LogP contribution in [0.5, 0.6) is 5.75 Å². The van der Waals surface area contributed by atoms with E-state index in [9.17, 15) is 13.5 Å². The molecule has 1 heterocycles. The maximum Gasteiger partial charge on any atom is 0.179 e. The van der Waals surface area contributed by atoms with Crippen molar-refractivity contribution in [1.29, 1.82) is 0 Å². The first-order valence-electron chi connectivity index (χ1n) is 11.1. The van der Waals surface area contributed by atoms with Crippen molar-refractivity contribution in [3.05, 3.63) is 59.7 Å². The van der Waals surface area contributed by atoms with Gasteiger partial charge in [0.2, 0.25) is 0 Å². The first kappa shape index (κ1) is 23.8. The lowest BCUT2D eigenvalue weighted by atomic mass is 9.69. The van der Waals surface area contributed by atoms with E-state index in [1.54, 1.807) is 25.3 Å². The predicted molar refractivity (Wildman–Crippen MR) is 122 cm³/mol. The van der Waals surface area contributed by atoms with Crippen LogP contribution < -0.4 is 4.74 Å². The molecule has 0 aromatic heterocycles. The van der Waals surface area contributed by atoms with E-state index < -0.39 is 27.3 Å². The number of rotatable bonds is 9. The second-order valence-electron chi connectivity index (χ2n) is 8.45. The average Bonchev–Trinajstić information content (AvgIpc) is 2.84. The Morgan fingerprint density at radius 3 is 2.48 bits per heavy atom. The van der Waals surface area contributed by atoms with E-state index in [2.05, 4.69) is 6.92 Å². The lowest BCUT2D eigenvalue weighted by Gasteiger charge is -2.39. The van der Waals surface area contributed by atoms with Gasteiger partial charge < -0.3 is 14.6 Å². The number of methoxy groups -OCH3 is 1. The van der Waals surface area contributed by atoms with Gasteiger partial charge >= 0.3 is 0 Å². The Morgan fingerprint density at radius 1 is 1.10 bits per heavy atom. The molecule has 0 amide bonds. The molecule has 1 N–H and O–H groups in total. The summed E-state index contributed by atoms with van der Waals surface area (Å²) in [6, 6.07) is 14.8. The lowest BCUT2D eigenvalue weighted by molar-refractivity contribution is 0.0173. The number of fused-ring (bicyclic) bond motifs is 1. The lowest BCUT2D eigenvalue weighted by Crippen LogP contribution is -2.42. The van der Waals surface area contributed by atoms with Crippen LogP contribution in [0.4, 0.5) is 0 Å². The zero-order valence-electron chi connectivity index (χ0n) is 18.7. The van der Waals surface area contributed by atoms with Gasteiger partial charge in [-0.3, -0.25) is 0 Å². The molecular formula is C25H34O5S. The SMILES string of the molecule is CCCC[C@]1(CC)CS(=O)(=O)c2ccc(OCCOC)cc2[C@@H](c2ccccc2)[C@H]1O. The van der Waals surface area contributed by atoms with Gasteiger partial charge in [0.15, 0.2) is 9.84 Å². The number of sulfone groups is 1. The topological polar surface area (TPSA) is 72.8 Å². The molecule has 0 unspecified atom stereocenters. The van der Waals surface area contributed by atoms with Crippen LogP contribution in [0, 0.1) is 5.41 Å². The Balaban J connectivity index is 2.19. The molecule has 0 bridgehead atoms. The summed E-state index contributed by atoms with van der Waals surface area (Å²) >= 11 is 0. The molecule has 0 saturated heterocycles. The van der Waals surface area contributed by atoms with Crippen LogP contribution in [0.15, 0.2) is 53.4 Å². The fourth-order valence-electron chi connectivity index (χ4n) is 4.71. The van der Waals surface area contributed by atoms with Gasteiger partial charge in [0, 0.05) is 18.4 Å². The van der Waals surface area contributed by atoms with E-state index in [4.69, 9.17) is 9.47 Å². The fourth-order valence-corrected chi connectivity index (χ4v) is 6.96. The predicted octanol–water partition coefficient (Wildman–Crippen LogP) is 4.58. The molecular weight excluding hydrogens is 412 g/mol. The minimum atomic E-state index is -3.58. The number of ether oxygens (including phenoxy) is 2. The molecule has 0 saturated carbocycles. The van der Waals surface area contributed by atoms with E-state index in [1.807, 2.05) is 37.3 Å². The van der Waals surface area contributed by atoms with E-state index in [1.165, 1.54) is 0 Å². The summed E-state index contributed by atoms with van der Waals surface area (Å²) in [5, 5.41) is 11.8. The summed E-state index contributed by atoms with van der Waals surface area (Å²) in [6.45, 7) is 4.89. The van der Waals surface area contributed by atoms with Crippen molar-refractivity contribution in [2.45, 2.75) is 56.4 Å². The molecule has 170 valence electrons. The molecule has 1 aliphatic rings. The van der Waals surface area contributed by atoms with Crippen molar-refractivity contribution < 1.29 is 23.0 Å². The molecule has 0 fully saturated rings. The van der Waals surface area contributed by atoms with E-state index in [-0.39, 0.29) is 5.75 Å². The number of benzene rings is 2. The first-order chi connectivity index (χ1) is 14.9. The third-order valence-electron chi connectivity index (χ3n) is 6.52. The zero-order valence-corrected chi connectivity index (χ0v) is 19.5. The molecule has 3 rings (SSSR count). The van der Waals surface area contributed by atoms with Crippen LogP contribution in [0.2, 0.25) is 0 Å². The Labute approximate surface area is 186 Å². The van der Waals surface area contributed by atoms with E-state index >= 15 is 0 Å². The quantitative estimate of drug-likeness (QED) is 0.571. The molecule has 0 radical (unpaired) electrons. The summed E-state index contributed by atoms with van der Waals surface area (Å²) in [4.78, 5) is 0.298. The first-order valence-corrected chi connectivity index (χ1v) is 12.7. The number of unbranched alkanes of at least 4 members (excludes halogenated alkanes) is 1. The monoisotopic (exact) mass is 446 g/mol. The van der Waals surface area contributed by atoms with E-state index in [0.717, 1.165) is 18.4 Å². The van der Waals surface area contributed by atoms with E-state index in [0.29, 0.717) is 42.3 Å². The largest absolute Gasteiger partial charge is 0.491 e. The highest BCUT2D eigenvalue weighted by atomic mass is 32.2. The second kappa shape index (κ2) is 10.2. The highest BCUT2D eigenvalue weighted by Gasteiger charge is 2.48. The highest BCUT2D eigenvalue weighted by Crippen LogP contribution is 2.49. The summed E-state index contributed by atoms with van der Waals surface area (Å²) in [5.41, 5.74) is 0.822. The van der Waals surface area contributed by atoms with Gasteiger partial charge in [0.05, 0.1) is 23.4 Å². The summed E-state index contributed by atoms with van der Waals surface area (Å²) < 4.78 is 37.9. The van der Waals surface area contributed by atoms with Crippen LogP contribution in [-0.2, 0) is 14.6 Å². The van der Waals surface area contributed by atoms with Crippen molar-refractivity contribution >= 4 is 9.84 Å². The van der Waals surface area contributed by atoms with Gasteiger partial charge in [-0.15, -0.1) is 0 Å². The minimum Gasteiger partial charge on any atom is -0.491 e. The smallest absolute Gasteiger partial charge is 0.179 e. The van der Waals surface area contributed by atoms with Gasteiger partial charge in [0.1, 0.15) is 12.4 Å². The molecule has 5 nitrogen and oxygen atoms in total. The molecule has 2 aromatic carbocycles. The van der Waals surface area contributed by atoms with Crippen LogP contribution in [-0.4, -0.2) is 45.7 Å². The number of hydrogen-bond acceptors (Lipinski definition) is 5. The molecule has 2 aromatic rings. The molecule has 31 heavy (non-hydrogen) atoms. The minimum absolute atomic E-state index is 0.0438. The van der Waals surface area contributed by atoms with Crippen molar-refractivity contribution in [1.82, 2.24) is 0 Å². The molecule has 3 atom stereocenters. The van der Waals surface area contributed by atoms with Gasteiger partial charge in [0.25, 0.3) is 0 Å². The summed E-state index contributed by atoms with van der Waals surface area (Å²) in [6.07, 6.45) is 2.28. The van der Waals surface area contributed by atoms with Crippen molar-refractivity contribution in [3.8, 4) is 5.75 Å². The van der Waals surface area contributed by atoms with Crippen LogP contribution >= 0.6 is 0 Å². The van der Waals surface area contributed by atoms with Crippen LogP contribution in [0.25, 0.3) is 0 Å². The molecule has 0 spiro atoms. The number of aliphatic hydroxyl groups is 1. The maximum absolute atomic E-state index is 13.6. The zero-order chi connectivity index (χ0) is 22.5. The Hall–Kier alpha value is -1.89. The molecule has 1 aliphatic heterocycles. The normalized spacial score (nSPS) is 24.9. The second-order valence-corrected chi connectivity index (χ2v) is 10.4. The summed E-state index contributed by atoms with van der Waals surface area (Å²) in [7, 11) is -1.98. The van der Waals surface area contributed by atoms with Crippen molar-refractivity contribution in [3.63, 3.8) is 0 Å². The van der Waals surface area contributed by atoms with Crippen LogP contribution in [0.1, 0.15) is 56.6 Å². The third-order valence-corrected chi connectivity index (χ3v) is 8.52. The Bertz CT molecular complexity index is 957. The standard InChI is InChI=1S/C25H34O5S/c1-4-6-14-25(5-2)18-31(27,28)22-13-12-20(30-16-15-29-3)17-21(22)23(24(25)26)19-10-8-7-9-11-19/h7-13,17,23-24,26H,4-6,14-16,18H2,1-3H3/t23-,24-,25-/m1/s1. The van der Waals surface area contributed by atoms with Gasteiger partial charge in [-0.05, 0) is 42.2 Å². The molecule has 6 heteroatoms.